The van der Waals surface area contributed by atoms with Crippen molar-refractivity contribution >= 4 is 41.6 Å². The van der Waals surface area contributed by atoms with E-state index < -0.39 is 5.97 Å². The molecule has 2 rings (SSSR count). The number of esters is 1. The van der Waals surface area contributed by atoms with Gasteiger partial charge >= 0.3 is 11.7 Å². The minimum atomic E-state index is -0.498. The predicted molar refractivity (Wildman–Crippen MR) is 123 cm³/mol. The van der Waals surface area contributed by atoms with Gasteiger partial charge in [-0.2, -0.15) is 0 Å². The third-order valence-corrected chi connectivity index (χ3v) is 5.38. The number of carbonyl (C=O) groups is 2. The van der Waals surface area contributed by atoms with Crippen LogP contribution in [0.1, 0.15) is 44.2 Å². The van der Waals surface area contributed by atoms with Gasteiger partial charge in [-0.25, -0.2) is 0 Å². The number of hydrogen-bond donors (Lipinski definition) is 0. The van der Waals surface area contributed by atoms with E-state index in [4.69, 9.17) is 16.3 Å². The van der Waals surface area contributed by atoms with Crippen molar-refractivity contribution < 1.29 is 14.3 Å². The van der Waals surface area contributed by atoms with Gasteiger partial charge in [-0.05, 0) is 36.2 Å². The quantitative estimate of drug-likeness (QED) is 0.341. The zero-order chi connectivity index (χ0) is 22.1. The Morgan fingerprint density at radius 3 is 2.37 bits per heavy atom. The van der Waals surface area contributed by atoms with Crippen molar-refractivity contribution in [3.05, 3.63) is 64.7 Å². The Balaban J connectivity index is 2.59. The van der Waals surface area contributed by atoms with Gasteiger partial charge in [0, 0.05) is 11.4 Å². The summed E-state index contributed by atoms with van der Waals surface area (Å²) in [5.74, 6) is -0.403. The molecule has 158 valence electrons. The second kappa shape index (κ2) is 11.3. The number of benzene rings is 2. The molecular weight excluding hydrogens is 400 g/mol. The second-order valence-electron chi connectivity index (χ2n) is 6.98. The summed E-state index contributed by atoms with van der Waals surface area (Å²) in [6, 6.07) is 14.7. The lowest BCUT2D eigenvalue weighted by Gasteiger charge is -2.25. The molecule has 0 N–H and O–H groups in total. The Morgan fingerprint density at radius 2 is 1.80 bits per heavy atom. The maximum atomic E-state index is 13.2. The fourth-order valence-electron chi connectivity index (χ4n) is 3.30. The molecular formula is C24H28ClN2O3+. The van der Waals surface area contributed by atoms with Crippen molar-refractivity contribution in [3.63, 3.8) is 0 Å². The number of anilines is 1. The van der Waals surface area contributed by atoms with Crippen molar-refractivity contribution in [3.8, 4) is 0 Å². The maximum absolute atomic E-state index is 13.2. The molecule has 0 aliphatic heterocycles. The van der Waals surface area contributed by atoms with E-state index in [1.165, 1.54) is 12.0 Å². The summed E-state index contributed by atoms with van der Waals surface area (Å²) in [6.07, 6.45) is 2.11. The maximum Gasteiger partial charge on any atom is 0.342 e. The fraction of sp³-hybridized carbons (Fsp3) is 0.333. The molecule has 0 bridgehead atoms. The Hall–Kier alpha value is -2.88. The van der Waals surface area contributed by atoms with Crippen molar-refractivity contribution in [1.29, 1.82) is 0 Å². The van der Waals surface area contributed by atoms with Crippen LogP contribution < -0.4 is 9.57 Å². The van der Waals surface area contributed by atoms with Crippen LogP contribution in [0.25, 0.3) is 0 Å². The molecule has 1 amide bonds. The Labute approximate surface area is 183 Å². The highest BCUT2D eigenvalue weighted by Gasteiger charge is 2.29. The number of halogens is 1. The Morgan fingerprint density at radius 1 is 1.13 bits per heavy atom. The van der Waals surface area contributed by atoms with Crippen molar-refractivity contribution in [1.82, 2.24) is 4.67 Å². The molecule has 30 heavy (non-hydrogen) atoms. The number of methoxy groups -OCH3 is 1. The number of ether oxygens (including phenoxy) is 1. The van der Waals surface area contributed by atoms with E-state index in [2.05, 4.69) is 25.2 Å². The summed E-state index contributed by atoms with van der Waals surface area (Å²) in [5.41, 5.74) is 2.59. The molecule has 0 heterocycles. The summed E-state index contributed by atoms with van der Waals surface area (Å²) in [5, 5.41) is 0.497. The minimum absolute atomic E-state index is 0.144. The normalized spacial score (nSPS) is 10.4. The van der Waals surface area contributed by atoms with Crippen LogP contribution in [0.5, 0.6) is 0 Å². The van der Waals surface area contributed by atoms with Crippen LogP contribution in [0.4, 0.5) is 5.69 Å². The van der Waals surface area contributed by atoms with E-state index in [1.54, 1.807) is 18.2 Å². The highest BCUT2D eigenvalue weighted by atomic mass is 35.5. The Bertz CT molecular complexity index is 933. The number of amides is 1. The summed E-state index contributed by atoms with van der Waals surface area (Å²) in [4.78, 5) is 26.8. The first-order chi connectivity index (χ1) is 14.4. The van der Waals surface area contributed by atoms with E-state index in [9.17, 15) is 9.59 Å². The summed E-state index contributed by atoms with van der Waals surface area (Å²) in [6.45, 7) is 7.64. The van der Waals surface area contributed by atoms with E-state index in [1.807, 2.05) is 30.3 Å². The standard InChI is InChI=1S/C24H28ClN2O3/c1-5-17(6-2)14-22(28)27(16-23(29)30-4)21-13-12-19(25)15-20(21)24(26-3)18-10-8-7-9-11-18/h7-13,15,17H,3,5-6,14,16H2,1-2,4H3/q+1. The van der Waals surface area contributed by atoms with Crippen LogP contribution in [0.3, 0.4) is 0 Å². The SMILES string of the molecule is C=[N+]=C(c1ccccc1)c1cc(Cl)ccc1N(CC(=O)OC)C(=O)CC(CC)CC. The molecule has 0 fully saturated rings. The fourth-order valence-corrected chi connectivity index (χ4v) is 3.47. The third-order valence-electron chi connectivity index (χ3n) is 5.14. The van der Waals surface area contributed by atoms with Crippen LogP contribution in [-0.2, 0) is 14.3 Å². The largest absolute Gasteiger partial charge is 0.468 e. The van der Waals surface area contributed by atoms with Crippen LogP contribution in [0.2, 0.25) is 5.02 Å². The van der Waals surface area contributed by atoms with Crippen molar-refractivity contribution in [2.24, 2.45) is 5.92 Å². The smallest absolute Gasteiger partial charge is 0.342 e. The average molecular weight is 428 g/mol. The predicted octanol–water partition coefficient (Wildman–Crippen LogP) is 4.28. The molecule has 0 aromatic heterocycles. The highest BCUT2D eigenvalue weighted by Crippen LogP contribution is 2.28. The topological polar surface area (TPSA) is 60.7 Å². The van der Waals surface area contributed by atoms with Crippen LogP contribution >= 0.6 is 11.6 Å². The lowest BCUT2D eigenvalue weighted by Crippen LogP contribution is -2.38. The zero-order valence-corrected chi connectivity index (χ0v) is 18.5. The van der Waals surface area contributed by atoms with E-state index in [0.29, 0.717) is 28.4 Å². The lowest BCUT2D eigenvalue weighted by molar-refractivity contribution is -0.140. The summed E-state index contributed by atoms with van der Waals surface area (Å²) in [7, 11) is 1.31. The molecule has 0 spiro atoms. The van der Waals surface area contributed by atoms with Crippen LogP contribution in [-0.4, -0.2) is 38.0 Å². The van der Waals surface area contributed by atoms with Crippen molar-refractivity contribution in [2.45, 2.75) is 33.1 Å². The lowest BCUT2D eigenvalue weighted by atomic mass is 9.97. The summed E-state index contributed by atoms with van der Waals surface area (Å²) >= 11 is 6.28. The minimum Gasteiger partial charge on any atom is -0.468 e. The third kappa shape index (κ3) is 5.82. The average Bonchev–Trinajstić information content (AvgIpc) is 2.77. The van der Waals surface area contributed by atoms with Crippen molar-refractivity contribution in [2.75, 3.05) is 18.6 Å². The van der Waals surface area contributed by atoms with Crippen LogP contribution in [0, 0.1) is 5.92 Å². The van der Waals surface area contributed by atoms with Gasteiger partial charge in [0.2, 0.25) is 5.91 Å². The highest BCUT2D eigenvalue weighted by molar-refractivity contribution is 6.31. The molecule has 0 saturated carbocycles. The van der Waals surface area contributed by atoms with E-state index in [0.717, 1.165) is 18.4 Å². The van der Waals surface area contributed by atoms with E-state index >= 15 is 0 Å². The molecule has 0 atom stereocenters. The van der Waals surface area contributed by atoms with Gasteiger partial charge in [-0.3, -0.25) is 9.59 Å². The molecule has 0 aliphatic rings. The Kier molecular flexibility index (Phi) is 8.85. The molecule has 6 heteroatoms. The van der Waals surface area contributed by atoms with E-state index in [-0.39, 0.29) is 18.4 Å². The molecule has 0 saturated heterocycles. The molecule has 0 aliphatic carbocycles. The molecule has 0 radical (unpaired) electrons. The number of hydrogen-bond acceptors (Lipinski definition) is 3. The van der Waals surface area contributed by atoms with Gasteiger partial charge in [-0.15, -0.1) is 0 Å². The van der Waals surface area contributed by atoms with Gasteiger partial charge in [0.25, 0.3) is 6.72 Å². The number of rotatable bonds is 9. The monoisotopic (exact) mass is 427 g/mol. The molecule has 2 aromatic rings. The first-order valence-electron chi connectivity index (χ1n) is 10.0. The summed E-state index contributed by atoms with van der Waals surface area (Å²) < 4.78 is 9.06. The first kappa shape index (κ1) is 23.4. The van der Waals surface area contributed by atoms with Gasteiger partial charge < -0.3 is 9.64 Å². The second-order valence-corrected chi connectivity index (χ2v) is 7.41. The zero-order valence-electron chi connectivity index (χ0n) is 17.7. The molecule has 5 nitrogen and oxygen atoms in total. The molecule has 2 aromatic carbocycles. The number of carbonyl (C=O) groups excluding carboxylic acids is 2. The molecule has 0 unspecified atom stereocenters. The van der Waals surface area contributed by atoms with Crippen LogP contribution in [0.15, 0.2) is 48.5 Å². The van der Waals surface area contributed by atoms with Gasteiger partial charge in [0.05, 0.1) is 23.9 Å². The van der Waals surface area contributed by atoms with Gasteiger partial charge in [0.15, 0.2) is 0 Å². The van der Waals surface area contributed by atoms with Gasteiger partial charge in [0.1, 0.15) is 6.54 Å². The van der Waals surface area contributed by atoms with Gasteiger partial charge in [-0.1, -0.05) is 61.2 Å². The number of nitrogens with zero attached hydrogens (tertiary/aromatic N) is 2. The first-order valence-corrected chi connectivity index (χ1v) is 10.4.